The summed E-state index contributed by atoms with van der Waals surface area (Å²) < 4.78 is 0. The molecule has 0 saturated carbocycles. The van der Waals surface area contributed by atoms with E-state index >= 15 is 0 Å². The van der Waals surface area contributed by atoms with Crippen LogP contribution in [0.25, 0.3) is 0 Å². The Bertz CT molecular complexity index is 444. The number of hydrogen-bond acceptors (Lipinski definition) is 4. The molecule has 5 heteroatoms. The van der Waals surface area contributed by atoms with Crippen molar-refractivity contribution in [2.45, 2.75) is 34.1 Å². The van der Waals surface area contributed by atoms with E-state index in [2.05, 4.69) is 41.3 Å². The Kier molecular flexibility index (Phi) is 7.75. The maximum absolute atomic E-state index is 12.2. The molecule has 0 saturated heterocycles. The zero-order valence-corrected chi connectivity index (χ0v) is 13.7. The van der Waals surface area contributed by atoms with Crippen molar-refractivity contribution in [3.63, 3.8) is 0 Å². The molecular formula is C16H28N4O. The van der Waals surface area contributed by atoms with Gasteiger partial charge in [0.25, 0.3) is 5.91 Å². The smallest absolute Gasteiger partial charge is 0.251 e. The average molecular weight is 292 g/mol. The van der Waals surface area contributed by atoms with Gasteiger partial charge in [-0.25, -0.2) is 4.98 Å². The second-order valence-corrected chi connectivity index (χ2v) is 5.09. The monoisotopic (exact) mass is 292 g/mol. The van der Waals surface area contributed by atoms with Crippen molar-refractivity contribution >= 4 is 11.7 Å². The maximum Gasteiger partial charge on any atom is 0.251 e. The predicted octanol–water partition coefficient (Wildman–Crippen LogP) is 2.28. The second kappa shape index (κ2) is 9.34. The van der Waals surface area contributed by atoms with Crippen molar-refractivity contribution in [3.05, 3.63) is 23.4 Å². The third-order valence-electron chi connectivity index (χ3n) is 3.38. The molecule has 2 N–H and O–H groups in total. The molecule has 0 fully saturated rings. The van der Waals surface area contributed by atoms with Gasteiger partial charge in [0.1, 0.15) is 5.82 Å². The van der Waals surface area contributed by atoms with Gasteiger partial charge in [-0.3, -0.25) is 4.79 Å². The lowest BCUT2D eigenvalue weighted by molar-refractivity contribution is 0.0948. The Balaban J connectivity index is 2.58. The fourth-order valence-electron chi connectivity index (χ4n) is 2.11. The van der Waals surface area contributed by atoms with Gasteiger partial charge in [-0.15, -0.1) is 0 Å². The first-order chi connectivity index (χ1) is 10.1. The third kappa shape index (κ3) is 6.12. The molecule has 1 aromatic heterocycles. The molecule has 0 bridgehead atoms. The van der Waals surface area contributed by atoms with Crippen LogP contribution in [0.4, 0.5) is 5.82 Å². The molecule has 0 unspecified atom stereocenters. The number of rotatable bonds is 9. The number of pyridine rings is 1. The van der Waals surface area contributed by atoms with Gasteiger partial charge in [-0.05, 0) is 38.6 Å². The second-order valence-electron chi connectivity index (χ2n) is 5.09. The first kappa shape index (κ1) is 17.4. The highest BCUT2D eigenvalue weighted by Gasteiger charge is 2.08. The number of aryl methyl sites for hydroxylation is 1. The number of aromatic nitrogens is 1. The summed E-state index contributed by atoms with van der Waals surface area (Å²) in [6.45, 7) is 12.7. The van der Waals surface area contributed by atoms with Gasteiger partial charge in [0.2, 0.25) is 0 Å². The van der Waals surface area contributed by atoms with Gasteiger partial charge in [0.15, 0.2) is 0 Å². The van der Waals surface area contributed by atoms with E-state index in [9.17, 15) is 4.79 Å². The van der Waals surface area contributed by atoms with Crippen LogP contribution < -0.4 is 10.6 Å². The Morgan fingerprint density at radius 3 is 2.52 bits per heavy atom. The van der Waals surface area contributed by atoms with Gasteiger partial charge in [-0.1, -0.05) is 20.8 Å². The topological polar surface area (TPSA) is 57.3 Å². The van der Waals surface area contributed by atoms with Crippen molar-refractivity contribution in [2.24, 2.45) is 0 Å². The minimum absolute atomic E-state index is 0.0350. The number of carbonyl (C=O) groups excluding carboxylic acids is 1. The quantitative estimate of drug-likeness (QED) is 0.733. The molecular weight excluding hydrogens is 264 g/mol. The van der Waals surface area contributed by atoms with E-state index in [4.69, 9.17) is 0 Å². The molecule has 118 valence electrons. The number of amides is 1. The largest absolute Gasteiger partial charge is 0.370 e. The van der Waals surface area contributed by atoms with Crippen LogP contribution in [0.1, 0.15) is 43.2 Å². The lowest BCUT2D eigenvalue weighted by Crippen LogP contribution is -2.34. The standard InChI is InChI=1S/C16H28N4O/c1-5-8-17-15-12-14(11-13(4)19-15)16(21)18-9-10-20(6-2)7-3/h11-12H,5-10H2,1-4H3,(H,17,19)(H,18,21). The van der Waals surface area contributed by atoms with Crippen LogP contribution in [0.15, 0.2) is 12.1 Å². The zero-order chi connectivity index (χ0) is 15.7. The Morgan fingerprint density at radius 1 is 1.19 bits per heavy atom. The lowest BCUT2D eigenvalue weighted by Gasteiger charge is -2.18. The highest BCUT2D eigenvalue weighted by atomic mass is 16.1. The number of anilines is 1. The molecule has 1 amide bonds. The van der Waals surface area contributed by atoms with Gasteiger partial charge >= 0.3 is 0 Å². The van der Waals surface area contributed by atoms with Crippen LogP contribution in [-0.4, -0.2) is 48.5 Å². The lowest BCUT2D eigenvalue weighted by atomic mass is 10.2. The molecule has 0 aliphatic rings. The summed E-state index contributed by atoms with van der Waals surface area (Å²) in [5.41, 5.74) is 1.52. The summed E-state index contributed by atoms with van der Waals surface area (Å²) >= 11 is 0. The normalized spacial score (nSPS) is 10.7. The number of nitrogens with one attached hydrogen (secondary N) is 2. The first-order valence-electron chi connectivity index (χ1n) is 7.83. The molecule has 5 nitrogen and oxygen atoms in total. The van der Waals surface area contributed by atoms with Gasteiger partial charge in [0, 0.05) is 30.9 Å². The molecule has 1 heterocycles. The SMILES string of the molecule is CCCNc1cc(C(=O)NCCN(CC)CC)cc(C)n1. The van der Waals surface area contributed by atoms with E-state index in [0.717, 1.165) is 44.1 Å². The van der Waals surface area contributed by atoms with Crippen LogP contribution >= 0.6 is 0 Å². The number of nitrogens with zero attached hydrogens (tertiary/aromatic N) is 2. The van der Waals surface area contributed by atoms with Crippen LogP contribution in [0.2, 0.25) is 0 Å². The summed E-state index contributed by atoms with van der Waals surface area (Å²) in [4.78, 5) is 18.9. The molecule has 0 radical (unpaired) electrons. The van der Waals surface area contributed by atoms with Gasteiger partial charge < -0.3 is 15.5 Å². The van der Waals surface area contributed by atoms with E-state index in [1.165, 1.54) is 0 Å². The fourth-order valence-corrected chi connectivity index (χ4v) is 2.11. The zero-order valence-electron chi connectivity index (χ0n) is 13.7. The van der Waals surface area contributed by atoms with E-state index < -0.39 is 0 Å². The molecule has 0 aromatic carbocycles. The van der Waals surface area contributed by atoms with Crippen LogP contribution in [0.3, 0.4) is 0 Å². The maximum atomic E-state index is 12.2. The van der Waals surface area contributed by atoms with Gasteiger partial charge in [0.05, 0.1) is 0 Å². The number of hydrogen-bond donors (Lipinski definition) is 2. The molecule has 0 atom stereocenters. The van der Waals surface area contributed by atoms with E-state index in [0.29, 0.717) is 12.1 Å². The predicted molar refractivity (Wildman–Crippen MR) is 87.9 cm³/mol. The van der Waals surface area contributed by atoms with Gasteiger partial charge in [-0.2, -0.15) is 0 Å². The summed E-state index contributed by atoms with van der Waals surface area (Å²) in [6, 6.07) is 3.64. The molecule has 1 aromatic rings. The van der Waals surface area contributed by atoms with E-state index in [1.807, 2.05) is 19.1 Å². The van der Waals surface area contributed by atoms with Crippen LogP contribution in [-0.2, 0) is 0 Å². The van der Waals surface area contributed by atoms with Crippen molar-refractivity contribution in [1.82, 2.24) is 15.2 Å². The van der Waals surface area contributed by atoms with Crippen molar-refractivity contribution in [3.8, 4) is 0 Å². The molecule has 0 aliphatic carbocycles. The molecule has 0 spiro atoms. The Morgan fingerprint density at radius 2 is 1.90 bits per heavy atom. The van der Waals surface area contributed by atoms with Crippen molar-refractivity contribution in [2.75, 3.05) is 38.0 Å². The fraction of sp³-hybridized carbons (Fsp3) is 0.625. The summed E-state index contributed by atoms with van der Waals surface area (Å²) in [5.74, 6) is 0.734. The number of likely N-dealkylation sites (N-methyl/N-ethyl adjacent to an activating group) is 1. The molecule has 0 aliphatic heterocycles. The molecule has 21 heavy (non-hydrogen) atoms. The summed E-state index contributed by atoms with van der Waals surface area (Å²) in [6.07, 6.45) is 1.03. The third-order valence-corrected chi connectivity index (χ3v) is 3.38. The highest BCUT2D eigenvalue weighted by molar-refractivity contribution is 5.95. The minimum atomic E-state index is -0.0350. The van der Waals surface area contributed by atoms with Crippen molar-refractivity contribution in [1.29, 1.82) is 0 Å². The average Bonchev–Trinajstić information content (AvgIpc) is 2.48. The Hall–Kier alpha value is -1.62. The van der Waals surface area contributed by atoms with Crippen molar-refractivity contribution < 1.29 is 4.79 Å². The van der Waals surface area contributed by atoms with Crippen LogP contribution in [0.5, 0.6) is 0 Å². The molecule has 1 rings (SSSR count). The van der Waals surface area contributed by atoms with E-state index in [-0.39, 0.29) is 5.91 Å². The minimum Gasteiger partial charge on any atom is -0.370 e. The number of carbonyl (C=O) groups is 1. The van der Waals surface area contributed by atoms with Crippen LogP contribution in [0, 0.1) is 6.92 Å². The summed E-state index contributed by atoms with van der Waals surface area (Å²) in [5, 5.41) is 6.20. The summed E-state index contributed by atoms with van der Waals surface area (Å²) in [7, 11) is 0. The first-order valence-corrected chi connectivity index (χ1v) is 7.83. The Labute approximate surface area is 128 Å². The highest BCUT2D eigenvalue weighted by Crippen LogP contribution is 2.10. The van der Waals surface area contributed by atoms with E-state index in [1.54, 1.807) is 0 Å².